The van der Waals surface area contributed by atoms with Gasteiger partial charge in [-0.15, -0.1) is 0 Å². The first-order valence-corrected chi connectivity index (χ1v) is 5.09. The van der Waals surface area contributed by atoms with Gasteiger partial charge in [0.2, 0.25) is 0 Å². The number of nitrogens with one attached hydrogen (secondary N) is 1. The molecule has 0 radical (unpaired) electrons. The fraction of sp³-hybridized carbons (Fsp3) is 0.250. The number of pyridine rings is 1. The van der Waals surface area contributed by atoms with Crippen molar-refractivity contribution in [3.8, 4) is 5.75 Å². The minimum atomic E-state index is -1.96. The fourth-order valence-corrected chi connectivity index (χ4v) is 1.96. The first kappa shape index (κ1) is 8.25. The Labute approximate surface area is 98.5 Å². The predicted molar refractivity (Wildman–Crippen MR) is 59.6 cm³/mol. The Morgan fingerprint density at radius 1 is 1.59 bits per heavy atom. The molecule has 4 nitrogen and oxygen atoms in total. The molecule has 0 saturated carbocycles. The molecule has 0 aliphatic carbocycles. The molecular weight excluding hydrogens is 225 g/mol. The van der Waals surface area contributed by atoms with Crippen LogP contribution in [0.15, 0.2) is 16.9 Å². The van der Waals surface area contributed by atoms with Gasteiger partial charge < -0.3 is 14.8 Å². The van der Waals surface area contributed by atoms with Crippen LogP contribution in [0.2, 0.25) is 0 Å². The summed E-state index contributed by atoms with van der Waals surface area (Å²) in [6, 6.07) is 2.88. The number of H-pyrrole nitrogens is 1. The van der Waals surface area contributed by atoms with Gasteiger partial charge in [0.15, 0.2) is 5.82 Å². The number of rotatable bonds is 1. The third-order valence-electron chi connectivity index (χ3n) is 2.85. The molecule has 5 heteroatoms. The quantitative estimate of drug-likeness (QED) is 0.780. The van der Waals surface area contributed by atoms with Gasteiger partial charge in [0.1, 0.15) is 5.75 Å². The van der Waals surface area contributed by atoms with Crippen molar-refractivity contribution in [3.05, 3.63) is 39.4 Å². The highest BCUT2D eigenvalue weighted by Crippen LogP contribution is 2.32. The molecule has 0 bridgehead atoms. The Bertz CT molecular complexity index is 742. The molecule has 3 rings (SSSR count). The molecule has 1 aliphatic rings. The van der Waals surface area contributed by atoms with Crippen LogP contribution in [0.3, 0.4) is 0 Å². The minimum Gasteiger partial charge on any atom is -0.492 e. The Balaban J connectivity index is 2.38. The molecule has 0 atom stereocenters. The van der Waals surface area contributed by atoms with Gasteiger partial charge in [-0.05, 0) is 6.07 Å². The number of fused-ring (bicyclic) bond motifs is 3. The highest BCUT2D eigenvalue weighted by Gasteiger charge is 2.21. The van der Waals surface area contributed by atoms with Crippen molar-refractivity contribution in [2.45, 2.75) is 13.0 Å². The van der Waals surface area contributed by atoms with E-state index in [2.05, 4.69) is 4.98 Å². The van der Waals surface area contributed by atoms with E-state index in [9.17, 15) is 9.18 Å². The maximum atomic E-state index is 14.0. The van der Waals surface area contributed by atoms with E-state index in [1.54, 1.807) is 0 Å². The van der Waals surface area contributed by atoms with Gasteiger partial charge in [-0.2, -0.15) is 0 Å². The summed E-state index contributed by atoms with van der Waals surface area (Å²) in [5.74, 6) is -0.650. The normalized spacial score (nSPS) is 18.5. The first-order valence-electron chi connectivity index (χ1n) is 6.09. The topological polar surface area (TPSA) is 62.3 Å². The second kappa shape index (κ2) is 3.56. The Hall–Kier alpha value is -1.88. The van der Waals surface area contributed by atoms with E-state index < -0.39 is 24.5 Å². The van der Waals surface area contributed by atoms with Crippen molar-refractivity contribution < 1.29 is 17.0 Å². The molecule has 0 saturated heterocycles. The molecule has 2 heterocycles. The molecule has 1 aromatic heterocycles. The summed E-state index contributed by atoms with van der Waals surface area (Å²) >= 11 is 0. The van der Waals surface area contributed by atoms with Gasteiger partial charge >= 0.3 is 0 Å². The number of hydrogen-bond acceptors (Lipinski definition) is 3. The minimum absolute atomic E-state index is 0.0594. The number of aromatic nitrogens is 1. The summed E-state index contributed by atoms with van der Waals surface area (Å²) in [5.41, 5.74) is -0.413. The van der Waals surface area contributed by atoms with E-state index in [1.807, 2.05) is 0 Å². The molecule has 0 spiro atoms. The maximum Gasteiger partial charge on any atom is 0.255 e. The number of benzene rings is 1. The van der Waals surface area contributed by atoms with E-state index in [0.717, 1.165) is 0 Å². The van der Waals surface area contributed by atoms with Crippen LogP contribution in [0.5, 0.6) is 5.75 Å². The first-order chi connectivity index (χ1) is 8.93. The lowest BCUT2D eigenvalue weighted by Crippen LogP contribution is -2.11. The molecule has 0 fully saturated rings. The van der Waals surface area contributed by atoms with Crippen LogP contribution in [0.25, 0.3) is 10.9 Å². The lowest BCUT2D eigenvalue weighted by Gasteiger charge is -2.07. The van der Waals surface area contributed by atoms with Crippen molar-refractivity contribution >= 4 is 10.9 Å². The fourth-order valence-electron chi connectivity index (χ4n) is 1.96. The zero-order valence-corrected chi connectivity index (χ0v) is 8.71. The van der Waals surface area contributed by atoms with E-state index in [-0.39, 0.29) is 28.8 Å². The molecule has 88 valence electrons. The predicted octanol–water partition coefficient (Wildman–Crippen LogP) is 1.09. The van der Waals surface area contributed by atoms with Gasteiger partial charge in [-0.25, -0.2) is 4.39 Å². The molecule has 0 unspecified atom stereocenters. The zero-order chi connectivity index (χ0) is 13.8. The third kappa shape index (κ3) is 1.36. The number of aliphatic hydroxyl groups is 1. The average Bonchev–Trinajstić information content (AvgIpc) is 2.67. The summed E-state index contributed by atoms with van der Waals surface area (Å²) in [6.07, 6.45) is -0.170. The van der Waals surface area contributed by atoms with Gasteiger partial charge in [0.25, 0.3) is 5.56 Å². The van der Waals surface area contributed by atoms with Crippen molar-refractivity contribution in [3.63, 3.8) is 0 Å². The molecular formula is C12H10FNO3. The van der Waals surface area contributed by atoms with Crippen molar-refractivity contribution in [2.24, 2.45) is 0 Å². The van der Waals surface area contributed by atoms with E-state index >= 15 is 0 Å². The summed E-state index contributed by atoms with van der Waals surface area (Å²) in [6.45, 7) is -2.45. The Morgan fingerprint density at radius 2 is 2.41 bits per heavy atom. The van der Waals surface area contributed by atoms with Crippen LogP contribution < -0.4 is 10.3 Å². The summed E-state index contributed by atoms with van der Waals surface area (Å²) in [5, 5.41) is 9.30. The van der Waals surface area contributed by atoms with Gasteiger partial charge in [-0.1, -0.05) is 6.07 Å². The molecule has 2 aromatic rings. The number of halogens is 1. The zero-order valence-electron chi connectivity index (χ0n) is 10.7. The van der Waals surface area contributed by atoms with Gasteiger partial charge in [0.05, 0.1) is 27.0 Å². The summed E-state index contributed by atoms with van der Waals surface area (Å²) < 4.78 is 34.2. The number of hydrogen-bond donors (Lipinski definition) is 2. The van der Waals surface area contributed by atoms with E-state index in [4.69, 9.17) is 12.6 Å². The number of aliphatic hydroxyl groups excluding tert-OH is 1. The van der Waals surface area contributed by atoms with E-state index in [1.165, 1.54) is 12.1 Å². The van der Waals surface area contributed by atoms with Crippen LogP contribution in [-0.2, 0) is 13.0 Å². The molecule has 1 aliphatic heterocycles. The number of ether oxygens (including phenoxy) is 1. The lowest BCUT2D eigenvalue weighted by atomic mass is 10.1. The van der Waals surface area contributed by atoms with Crippen LogP contribution in [0.4, 0.5) is 4.39 Å². The summed E-state index contributed by atoms with van der Waals surface area (Å²) in [7, 11) is 0. The van der Waals surface area contributed by atoms with Gasteiger partial charge in [-0.3, -0.25) is 4.79 Å². The molecule has 1 aromatic carbocycles. The van der Waals surface area contributed by atoms with Crippen LogP contribution in [0, 0.1) is 5.82 Å². The second-order valence-electron chi connectivity index (χ2n) is 3.80. The van der Waals surface area contributed by atoms with Gasteiger partial charge in [0, 0.05) is 17.4 Å². The Kier molecular flexibility index (Phi) is 1.73. The van der Waals surface area contributed by atoms with Crippen LogP contribution in [0.1, 0.15) is 13.9 Å². The van der Waals surface area contributed by atoms with Crippen LogP contribution >= 0.6 is 0 Å². The highest BCUT2D eigenvalue weighted by molar-refractivity contribution is 5.87. The third-order valence-corrected chi connectivity index (χ3v) is 2.85. The highest BCUT2D eigenvalue weighted by atomic mass is 19.1. The monoisotopic (exact) mass is 237 g/mol. The molecule has 0 amide bonds. The maximum absolute atomic E-state index is 14.0. The summed E-state index contributed by atoms with van der Waals surface area (Å²) in [4.78, 5) is 14.2. The Morgan fingerprint density at radius 3 is 3.18 bits per heavy atom. The van der Waals surface area contributed by atoms with E-state index in [0.29, 0.717) is 5.39 Å². The van der Waals surface area contributed by atoms with Crippen molar-refractivity contribution in [1.29, 1.82) is 0 Å². The second-order valence-corrected chi connectivity index (χ2v) is 3.80. The van der Waals surface area contributed by atoms with Crippen molar-refractivity contribution in [1.82, 2.24) is 4.98 Å². The average molecular weight is 237 g/mol. The molecule has 2 N–H and O–H groups in total. The smallest absolute Gasteiger partial charge is 0.255 e. The number of aromatic amines is 1. The van der Waals surface area contributed by atoms with Crippen LogP contribution in [-0.4, -0.2) is 16.6 Å². The van der Waals surface area contributed by atoms with Crippen molar-refractivity contribution in [2.75, 3.05) is 6.56 Å². The molecule has 17 heavy (non-hydrogen) atoms. The largest absolute Gasteiger partial charge is 0.492 e. The standard InChI is InChI=1S/C12H10FNO3/c13-9-6(5-15)1-2-7-10(9)14-12(16)8-3-4-17-11(7)8/h1-2,15H,3-5H2,(H,14,16)/i4D2. The SMILES string of the molecule is [2H]C1([2H])Cc2c(c3ccc(CO)c(F)c3[nH]c2=O)O1. The lowest BCUT2D eigenvalue weighted by molar-refractivity contribution is 0.276.